The molecule has 0 amide bonds. The number of hydrogen-bond acceptors (Lipinski definition) is 5. The summed E-state index contributed by atoms with van der Waals surface area (Å²) in [6.07, 6.45) is 6.42. The molecule has 2 aliphatic rings. The monoisotopic (exact) mass is 261 g/mol. The molecule has 2 atom stereocenters. The highest BCUT2D eigenvalue weighted by Gasteiger charge is 2.34. The minimum absolute atomic E-state index is 0.522. The number of hydrogen-bond donors (Lipinski definition) is 1. The van der Waals surface area contributed by atoms with E-state index in [2.05, 4.69) is 27.0 Å². The van der Waals surface area contributed by atoms with Crippen molar-refractivity contribution in [3.63, 3.8) is 0 Å². The summed E-state index contributed by atoms with van der Waals surface area (Å²) in [5.74, 6) is 1.03. The number of aromatic nitrogens is 2. The molecule has 19 heavy (non-hydrogen) atoms. The van der Waals surface area contributed by atoms with Crippen LogP contribution in [0.25, 0.3) is 0 Å². The van der Waals surface area contributed by atoms with Crippen LogP contribution < -0.4 is 10.2 Å². The molecule has 0 radical (unpaired) electrons. The van der Waals surface area contributed by atoms with E-state index in [1.165, 1.54) is 19.4 Å². The van der Waals surface area contributed by atoms with Crippen LogP contribution in [0.3, 0.4) is 0 Å². The summed E-state index contributed by atoms with van der Waals surface area (Å²) in [6, 6.07) is 1.24. The molecule has 5 heteroatoms. The second-order valence-electron chi connectivity index (χ2n) is 5.69. The number of piperazine rings is 1. The standard InChI is InChI=1S/C14H23N5/c1-11-9-18-5-3-4-13(18)10-19(11)14-8-16-7-12(17-14)6-15-2/h7-8,11,13,15H,3-6,9-10H2,1-2H3. The summed E-state index contributed by atoms with van der Waals surface area (Å²) >= 11 is 0. The zero-order valence-electron chi connectivity index (χ0n) is 11.8. The average molecular weight is 261 g/mol. The van der Waals surface area contributed by atoms with Crippen molar-refractivity contribution in [1.82, 2.24) is 20.2 Å². The molecule has 5 nitrogen and oxygen atoms in total. The second kappa shape index (κ2) is 5.43. The molecule has 2 aliphatic heterocycles. The first-order chi connectivity index (χ1) is 9.28. The van der Waals surface area contributed by atoms with Crippen LogP contribution in [0.4, 0.5) is 5.82 Å². The largest absolute Gasteiger partial charge is 0.350 e. The lowest BCUT2D eigenvalue weighted by molar-refractivity contribution is 0.202. The maximum Gasteiger partial charge on any atom is 0.147 e. The molecule has 0 saturated carbocycles. The molecule has 3 rings (SSSR count). The first-order valence-electron chi connectivity index (χ1n) is 7.24. The van der Waals surface area contributed by atoms with Gasteiger partial charge in [-0.1, -0.05) is 0 Å². The molecule has 2 unspecified atom stereocenters. The van der Waals surface area contributed by atoms with E-state index >= 15 is 0 Å². The molecule has 2 fully saturated rings. The molecule has 0 bridgehead atoms. The predicted molar refractivity (Wildman–Crippen MR) is 76.2 cm³/mol. The summed E-state index contributed by atoms with van der Waals surface area (Å²) < 4.78 is 0. The number of nitrogens with zero attached hydrogens (tertiary/aromatic N) is 4. The van der Waals surface area contributed by atoms with Crippen molar-refractivity contribution in [2.75, 3.05) is 31.6 Å². The van der Waals surface area contributed by atoms with Crippen molar-refractivity contribution in [2.45, 2.75) is 38.4 Å². The summed E-state index contributed by atoms with van der Waals surface area (Å²) in [6.45, 7) is 6.59. The fraction of sp³-hybridized carbons (Fsp3) is 0.714. The zero-order valence-corrected chi connectivity index (χ0v) is 11.8. The molecule has 3 heterocycles. The van der Waals surface area contributed by atoms with Gasteiger partial charge in [-0.3, -0.25) is 9.88 Å². The van der Waals surface area contributed by atoms with Crippen molar-refractivity contribution in [3.05, 3.63) is 18.1 Å². The van der Waals surface area contributed by atoms with Gasteiger partial charge < -0.3 is 10.2 Å². The van der Waals surface area contributed by atoms with Gasteiger partial charge in [-0.05, 0) is 33.4 Å². The number of nitrogens with one attached hydrogen (secondary N) is 1. The average Bonchev–Trinajstić information content (AvgIpc) is 2.85. The lowest BCUT2D eigenvalue weighted by Crippen LogP contribution is -2.55. The van der Waals surface area contributed by atoms with E-state index in [1.54, 1.807) is 0 Å². The van der Waals surface area contributed by atoms with Gasteiger partial charge in [0.05, 0.1) is 11.9 Å². The first kappa shape index (κ1) is 12.8. The Morgan fingerprint density at radius 2 is 2.26 bits per heavy atom. The lowest BCUT2D eigenvalue weighted by Gasteiger charge is -2.42. The third-order valence-corrected chi connectivity index (χ3v) is 4.26. The van der Waals surface area contributed by atoms with Gasteiger partial charge in [-0.2, -0.15) is 0 Å². The third-order valence-electron chi connectivity index (χ3n) is 4.26. The number of fused-ring (bicyclic) bond motifs is 1. The van der Waals surface area contributed by atoms with Crippen LogP contribution in [0.1, 0.15) is 25.5 Å². The highest BCUT2D eigenvalue weighted by Crippen LogP contribution is 2.27. The molecular formula is C14H23N5. The van der Waals surface area contributed by atoms with Gasteiger partial charge in [0, 0.05) is 37.9 Å². The maximum absolute atomic E-state index is 4.73. The van der Waals surface area contributed by atoms with E-state index in [-0.39, 0.29) is 0 Å². The molecular weight excluding hydrogens is 238 g/mol. The molecule has 0 aromatic carbocycles. The molecule has 0 spiro atoms. The van der Waals surface area contributed by atoms with Gasteiger partial charge in [0.15, 0.2) is 0 Å². The van der Waals surface area contributed by atoms with E-state index in [0.717, 1.165) is 31.1 Å². The molecule has 2 saturated heterocycles. The molecule has 1 N–H and O–H groups in total. The van der Waals surface area contributed by atoms with Crippen molar-refractivity contribution in [2.24, 2.45) is 0 Å². The fourth-order valence-corrected chi connectivity index (χ4v) is 3.31. The first-order valence-corrected chi connectivity index (χ1v) is 7.24. The van der Waals surface area contributed by atoms with Crippen LogP contribution in [0.15, 0.2) is 12.4 Å². The van der Waals surface area contributed by atoms with Crippen LogP contribution in [0, 0.1) is 0 Å². The molecule has 1 aromatic rings. The Balaban J connectivity index is 1.78. The summed E-state index contributed by atoms with van der Waals surface area (Å²) in [5, 5.41) is 3.13. The van der Waals surface area contributed by atoms with Gasteiger partial charge in [0.2, 0.25) is 0 Å². The normalized spacial score (nSPS) is 27.6. The Kier molecular flexibility index (Phi) is 3.66. The van der Waals surface area contributed by atoms with Crippen molar-refractivity contribution in [3.8, 4) is 0 Å². The Labute approximate surface area is 115 Å². The minimum atomic E-state index is 0.522. The van der Waals surface area contributed by atoms with E-state index in [1.807, 2.05) is 19.4 Å². The highest BCUT2D eigenvalue weighted by molar-refractivity contribution is 5.39. The van der Waals surface area contributed by atoms with Gasteiger partial charge in [-0.15, -0.1) is 0 Å². The van der Waals surface area contributed by atoms with Crippen molar-refractivity contribution >= 4 is 5.82 Å². The smallest absolute Gasteiger partial charge is 0.147 e. The molecule has 104 valence electrons. The van der Waals surface area contributed by atoms with Crippen LogP contribution in [-0.4, -0.2) is 53.6 Å². The van der Waals surface area contributed by atoms with Gasteiger partial charge in [0.1, 0.15) is 5.82 Å². The van der Waals surface area contributed by atoms with E-state index in [4.69, 9.17) is 4.98 Å². The molecule has 1 aromatic heterocycles. The summed E-state index contributed by atoms with van der Waals surface area (Å²) in [7, 11) is 1.94. The number of anilines is 1. The van der Waals surface area contributed by atoms with E-state index in [9.17, 15) is 0 Å². The minimum Gasteiger partial charge on any atom is -0.350 e. The Bertz CT molecular complexity index is 436. The lowest BCUT2D eigenvalue weighted by atomic mass is 10.1. The van der Waals surface area contributed by atoms with Crippen molar-refractivity contribution < 1.29 is 0 Å². The predicted octanol–water partition coefficient (Wildman–Crippen LogP) is 0.869. The number of rotatable bonds is 3. The van der Waals surface area contributed by atoms with Gasteiger partial charge >= 0.3 is 0 Å². The summed E-state index contributed by atoms with van der Waals surface area (Å²) in [5.41, 5.74) is 1.01. The van der Waals surface area contributed by atoms with Crippen LogP contribution in [0.5, 0.6) is 0 Å². The molecule has 0 aliphatic carbocycles. The topological polar surface area (TPSA) is 44.3 Å². The van der Waals surface area contributed by atoms with Crippen LogP contribution in [-0.2, 0) is 6.54 Å². The van der Waals surface area contributed by atoms with Crippen LogP contribution >= 0.6 is 0 Å². The third kappa shape index (κ3) is 2.58. The van der Waals surface area contributed by atoms with Gasteiger partial charge in [-0.25, -0.2) is 4.98 Å². The fourth-order valence-electron chi connectivity index (χ4n) is 3.31. The van der Waals surface area contributed by atoms with Crippen molar-refractivity contribution in [1.29, 1.82) is 0 Å². The second-order valence-corrected chi connectivity index (χ2v) is 5.69. The van der Waals surface area contributed by atoms with Crippen LogP contribution in [0.2, 0.25) is 0 Å². The highest BCUT2D eigenvalue weighted by atomic mass is 15.3. The van der Waals surface area contributed by atoms with E-state index in [0.29, 0.717) is 12.1 Å². The maximum atomic E-state index is 4.73. The Morgan fingerprint density at radius 3 is 3.11 bits per heavy atom. The Hall–Kier alpha value is -1.20. The van der Waals surface area contributed by atoms with Gasteiger partial charge in [0.25, 0.3) is 0 Å². The zero-order chi connectivity index (χ0) is 13.2. The van der Waals surface area contributed by atoms with E-state index < -0.39 is 0 Å². The quantitative estimate of drug-likeness (QED) is 0.874. The summed E-state index contributed by atoms with van der Waals surface area (Å²) in [4.78, 5) is 14.1. The Morgan fingerprint density at radius 1 is 1.37 bits per heavy atom. The SMILES string of the molecule is CNCc1cncc(N2CC3CCCN3CC2C)n1.